The van der Waals surface area contributed by atoms with Gasteiger partial charge in [0.2, 0.25) is 5.91 Å². The van der Waals surface area contributed by atoms with Crippen LogP contribution < -0.4 is 0 Å². The SMILES string of the molecule is Cc1cc(C)n([C@H](C)C(=O)N2CC=C(c3c[nH]c4cc(F)ccc34)CC2)n1. The second-order valence-corrected chi connectivity index (χ2v) is 7.20. The Hall–Kier alpha value is -2.89. The Balaban J connectivity index is 1.52. The zero-order chi connectivity index (χ0) is 19.1. The van der Waals surface area contributed by atoms with Gasteiger partial charge in [-0.3, -0.25) is 9.48 Å². The summed E-state index contributed by atoms with van der Waals surface area (Å²) in [5.74, 6) is -0.166. The summed E-state index contributed by atoms with van der Waals surface area (Å²) in [5, 5.41) is 5.45. The van der Waals surface area contributed by atoms with E-state index in [1.165, 1.54) is 17.7 Å². The van der Waals surface area contributed by atoms with Crippen LogP contribution in [0.25, 0.3) is 16.5 Å². The van der Waals surface area contributed by atoms with Crippen LogP contribution in [-0.4, -0.2) is 38.7 Å². The minimum Gasteiger partial charge on any atom is -0.360 e. The largest absolute Gasteiger partial charge is 0.360 e. The molecule has 5 nitrogen and oxygen atoms in total. The first-order chi connectivity index (χ1) is 12.9. The number of H-pyrrole nitrogens is 1. The lowest BCUT2D eigenvalue weighted by atomic mass is 9.98. The number of carbonyl (C=O) groups is 1. The molecule has 2 aromatic heterocycles. The fourth-order valence-electron chi connectivity index (χ4n) is 3.89. The average Bonchev–Trinajstić information content (AvgIpc) is 3.22. The van der Waals surface area contributed by atoms with Crippen LogP contribution in [0, 0.1) is 19.7 Å². The molecule has 0 aliphatic carbocycles. The molecule has 6 heteroatoms. The molecule has 1 aliphatic rings. The second kappa shape index (κ2) is 6.68. The third-order valence-electron chi connectivity index (χ3n) is 5.28. The fraction of sp³-hybridized carbons (Fsp3) is 0.333. The molecule has 0 fully saturated rings. The minimum absolute atomic E-state index is 0.0810. The summed E-state index contributed by atoms with van der Waals surface area (Å²) in [6.45, 7) is 7.05. The third-order valence-corrected chi connectivity index (χ3v) is 5.28. The summed E-state index contributed by atoms with van der Waals surface area (Å²) in [5.41, 5.74) is 4.98. The summed E-state index contributed by atoms with van der Waals surface area (Å²) >= 11 is 0. The lowest BCUT2D eigenvalue weighted by Gasteiger charge is -2.29. The van der Waals surface area contributed by atoms with Crippen molar-refractivity contribution in [1.29, 1.82) is 0 Å². The van der Waals surface area contributed by atoms with E-state index >= 15 is 0 Å². The number of hydrogen-bond donors (Lipinski definition) is 1. The van der Waals surface area contributed by atoms with Crippen molar-refractivity contribution in [1.82, 2.24) is 19.7 Å². The number of carbonyl (C=O) groups excluding carboxylic acids is 1. The monoisotopic (exact) mass is 366 g/mol. The van der Waals surface area contributed by atoms with Gasteiger partial charge in [0.1, 0.15) is 11.9 Å². The van der Waals surface area contributed by atoms with E-state index in [0.29, 0.717) is 13.1 Å². The number of fused-ring (bicyclic) bond motifs is 1. The molecular formula is C21H23FN4O. The molecule has 0 radical (unpaired) electrons. The van der Waals surface area contributed by atoms with Crippen LogP contribution in [-0.2, 0) is 4.79 Å². The molecule has 0 saturated heterocycles. The van der Waals surface area contributed by atoms with Crippen molar-refractivity contribution >= 4 is 22.4 Å². The van der Waals surface area contributed by atoms with Gasteiger partial charge < -0.3 is 9.88 Å². The highest BCUT2D eigenvalue weighted by Crippen LogP contribution is 2.30. The first-order valence-corrected chi connectivity index (χ1v) is 9.21. The van der Waals surface area contributed by atoms with E-state index in [4.69, 9.17) is 0 Å². The van der Waals surface area contributed by atoms with Crippen LogP contribution in [0.5, 0.6) is 0 Å². The number of aromatic nitrogens is 3. The van der Waals surface area contributed by atoms with Crippen LogP contribution in [0.2, 0.25) is 0 Å². The average molecular weight is 366 g/mol. The van der Waals surface area contributed by atoms with E-state index in [0.717, 1.165) is 34.3 Å². The summed E-state index contributed by atoms with van der Waals surface area (Å²) in [6.07, 6.45) is 4.80. The molecule has 1 aromatic carbocycles. The molecule has 1 aliphatic heterocycles. The van der Waals surface area contributed by atoms with Gasteiger partial charge in [-0.2, -0.15) is 5.10 Å². The summed E-state index contributed by atoms with van der Waals surface area (Å²) in [6, 6.07) is 6.46. The van der Waals surface area contributed by atoms with Crippen LogP contribution in [0.15, 0.2) is 36.5 Å². The highest BCUT2D eigenvalue weighted by molar-refractivity contribution is 5.93. The Morgan fingerprint density at radius 3 is 2.78 bits per heavy atom. The molecule has 0 bridgehead atoms. The normalized spacial score (nSPS) is 15.9. The smallest absolute Gasteiger partial charge is 0.247 e. The van der Waals surface area contributed by atoms with Crippen molar-refractivity contribution in [2.75, 3.05) is 13.1 Å². The molecule has 27 heavy (non-hydrogen) atoms. The maximum absolute atomic E-state index is 13.4. The Labute approximate surface area is 157 Å². The Morgan fingerprint density at radius 1 is 1.30 bits per heavy atom. The Kier molecular flexibility index (Phi) is 4.34. The standard InChI is InChI=1S/C21H23FN4O/c1-13-10-14(2)26(24-13)15(3)21(27)25-8-6-16(7-9-25)19-12-23-20-11-17(22)4-5-18(19)20/h4-6,10-12,15,23H,7-9H2,1-3H3/t15-/m1/s1. The molecular weight excluding hydrogens is 343 g/mol. The molecule has 140 valence electrons. The first kappa shape index (κ1) is 17.5. The number of rotatable bonds is 3. The summed E-state index contributed by atoms with van der Waals surface area (Å²) in [7, 11) is 0. The Morgan fingerprint density at radius 2 is 2.11 bits per heavy atom. The van der Waals surface area contributed by atoms with E-state index in [9.17, 15) is 9.18 Å². The van der Waals surface area contributed by atoms with Gasteiger partial charge in [-0.15, -0.1) is 0 Å². The van der Waals surface area contributed by atoms with Gasteiger partial charge in [0.15, 0.2) is 0 Å². The first-order valence-electron chi connectivity index (χ1n) is 9.21. The number of nitrogens with one attached hydrogen (secondary N) is 1. The molecule has 4 rings (SSSR count). The van der Waals surface area contributed by atoms with Gasteiger partial charge in [0.05, 0.1) is 5.69 Å². The summed E-state index contributed by atoms with van der Waals surface area (Å²) in [4.78, 5) is 17.9. The number of benzene rings is 1. The van der Waals surface area contributed by atoms with Gasteiger partial charge in [0, 0.05) is 41.4 Å². The van der Waals surface area contributed by atoms with E-state index in [1.807, 2.05) is 37.9 Å². The quantitative estimate of drug-likeness (QED) is 0.762. The van der Waals surface area contributed by atoms with Gasteiger partial charge >= 0.3 is 0 Å². The van der Waals surface area contributed by atoms with Crippen LogP contribution in [0.1, 0.15) is 36.3 Å². The van der Waals surface area contributed by atoms with E-state index < -0.39 is 0 Å². The number of aromatic amines is 1. The highest BCUT2D eigenvalue weighted by atomic mass is 19.1. The lowest BCUT2D eigenvalue weighted by molar-refractivity contribution is -0.134. The number of halogens is 1. The molecule has 0 saturated carbocycles. The molecule has 1 amide bonds. The zero-order valence-corrected chi connectivity index (χ0v) is 15.8. The van der Waals surface area contributed by atoms with Crippen molar-refractivity contribution in [3.63, 3.8) is 0 Å². The molecule has 0 unspecified atom stereocenters. The van der Waals surface area contributed by atoms with E-state index in [2.05, 4.69) is 16.2 Å². The van der Waals surface area contributed by atoms with Gasteiger partial charge in [-0.25, -0.2) is 4.39 Å². The maximum atomic E-state index is 13.4. The fourth-order valence-corrected chi connectivity index (χ4v) is 3.89. The van der Waals surface area contributed by atoms with Crippen molar-refractivity contribution in [2.45, 2.75) is 33.2 Å². The van der Waals surface area contributed by atoms with Gasteiger partial charge in [-0.05, 0) is 57.0 Å². The zero-order valence-electron chi connectivity index (χ0n) is 15.8. The van der Waals surface area contributed by atoms with Gasteiger partial charge in [-0.1, -0.05) is 6.08 Å². The number of amides is 1. The number of nitrogens with zero attached hydrogens (tertiary/aromatic N) is 3. The molecule has 1 N–H and O–H groups in total. The van der Waals surface area contributed by atoms with E-state index in [1.54, 1.807) is 10.7 Å². The maximum Gasteiger partial charge on any atom is 0.247 e. The molecule has 3 heterocycles. The predicted molar refractivity (Wildman–Crippen MR) is 104 cm³/mol. The summed E-state index contributed by atoms with van der Waals surface area (Å²) < 4.78 is 15.2. The second-order valence-electron chi connectivity index (χ2n) is 7.20. The minimum atomic E-state index is -0.315. The van der Waals surface area contributed by atoms with Crippen LogP contribution >= 0.6 is 0 Å². The van der Waals surface area contributed by atoms with Crippen molar-refractivity contribution in [3.05, 3.63) is 59.3 Å². The van der Waals surface area contributed by atoms with Crippen LogP contribution in [0.3, 0.4) is 0 Å². The van der Waals surface area contributed by atoms with E-state index in [-0.39, 0.29) is 17.8 Å². The van der Waals surface area contributed by atoms with Crippen molar-refractivity contribution < 1.29 is 9.18 Å². The van der Waals surface area contributed by atoms with Gasteiger partial charge in [0.25, 0.3) is 0 Å². The highest BCUT2D eigenvalue weighted by Gasteiger charge is 2.25. The molecule has 0 spiro atoms. The predicted octanol–water partition coefficient (Wildman–Crippen LogP) is 4.00. The lowest BCUT2D eigenvalue weighted by Crippen LogP contribution is -2.39. The molecule has 3 aromatic rings. The van der Waals surface area contributed by atoms with Crippen molar-refractivity contribution in [2.24, 2.45) is 0 Å². The molecule has 1 atom stereocenters. The number of hydrogen-bond acceptors (Lipinski definition) is 2. The van der Waals surface area contributed by atoms with Crippen molar-refractivity contribution in [3.8, 4) is 0 Å². The Bertz CT molecular complexity index is 1050. The topological polar surface area (TPSA) is 53.9 Å². The third kappa shape index (κ3) is 3.16. The van der Waals surface area contributed by atoms with Crippen LogP contribution in [0.4, 0.5) is 4.39 Å². The number of aryl methyl sites for hydroxylation is 2.